The van der Waals surface area contributed by atoms with Gasteiger partial charge in [-0.15, -0.1) is 0 Å². The topological polar surface area (TPSA) is 15.3 Å². The van der Waals surface area contributed by atoms with E-state index < -0.39 is 0 Å². The number of benzene rings is 1. The number of halogens is 1. The Hall–Kier alpha value is -0.570. The molecule has 1 unspecified atom stereocenters. The summed E-state index contributed by atoms with van der Waals surface area (Å²) in [5, 5.41) is 4.45. The zero-order chi connectivity index (χ0) is 14.7. The predicted octanol–water partition coefficient (Wildman–Crippen LogP) is 4.26. The molecule has 1 aromatic carbocycles. The Kier molecular flexibility index (Phi) is 5.20. The lowest BCUT2D eigenvalue weighted by atomic mass is 10.0. The highest BCUT2D eigenvalue weighted by atomic mass is 35.5. The first-order chi connectivity index (χ1) is 10.3. The third-order valence-electron chi connectivity index (χ3n) is 4.68. The van der Waals surface area contributed by atoms with Gasteiger partial charge >= 0.3 is 0 Å². The van der Waals surface area contributed by atoms with Gasteiger partial charge in [0.2, 0.25) is 0 Å². The zero-order valence-corrected chi connectivity index (χ0v) is 13.8. The van der Waals surface area contributed by atoms with Crippen LogP contribution in [0.1, 0.15) is 50.6 Å². The summed E-state index contributed by atoms with van der Waals surface area (Å²) in [6, 6.07) is 9.68. The van der Waals surface area contributed by atoms with Crippen LogP contribution in [0.5, 0.6) is 0 Å². The van der Waals surface area contributed by atoms with E-state index in [1.807, 2.05) is 12.1 Å². The lowest BCUT2D eigenvalue weighted by Crippen LogP contribution is -2.32. The van der Waals surface area contributed by atoms with Gasteiger partial charge in [0.05, 0.1) is 0 Å². The van der Waals surface area contributed by atoms with Crippen molar-refractivity contribution in [1.82, 2.24) is 10.2 Å². The average Bonchev–Trinajstić information content (AvgIpc) is 3.37. The first-order valence-corrected chi connectivity index (χ1v) is 8.87. The van der Waals surface area contributed by atoms with E-state index >= 15 is 0 Å². The monoisotopic (exact) mass is 306 g/mol. The number of hydrogen-bond acceptors (Lipinski definition) is 2. The number of hydrogen-bond donors (Lipinski definition) is 1. The molecule has 0 amide bonds. The van der Waals surface area contributed by atoms with Crippen LogP contribution in [0.25, 0.3) is 0 Å². The summed E-state index contributed by atoms with van der Waals surface area (Å²) < 4.78 is 0. The molecule has 0 bridgehead atoms. The van der Waals surface area contributed by atoms with E-state index in [9.17, 15) is 0 Å². The minimum atomic E-state index is 0.452. The van der Waals surface area contributed by atoms with E-state index in [1.54, 1.807) is 0 Å². The fraction of sp³-hybridized carbons (Fsp3) is 0.667. The standard InChI is InChI=1S/C18H27ClN2/c1-2-20-18(15-5-7-16(19)8-6-15)11-12-21(17-9-10-17)13-14-3-4-14/h5-8,14,17-18,20H,2-4,9-13H2,1H3. The highest BCUT2D eigenvalue weighted by Gasteiger charge is 2.33. The summed E-state index contributed by atoms with van der Waals surface area (Å²) in [5.74, 6) is 0.999. The van der Waals surface area contributed by atoms with Crippen LogP contribution in [0.3, 0.4) is 0 Å². The van der Waals surface area contributed by atoms with Gasteiger partial charge in [0, 0.05) is 30.2 Å². The molecule has 0 saturated heterocycles. The third kappa shape index (κ3) is 4.70. The Balaban J connectivity index is 1.56. The second-order valence-electron chi connectivity index (χ2n) is 6.62. The van der Waals surface area contributed by atoms with Crippen molar-refractivity contribution < 1.29 is 0 Å². The molecular weight excluding hydrogens is 280 g/mol. The van der Waals surface area contributed by atoms with Crippen molar-refractivity contribution >= 4 is 11.6 Å². The molecule has 0 heterocycles. The molecule has 21 heavy (non-hydrogen) atoms. The summed E-state index contributed by atoms with van der Waals surface area (Å²) in [4.78, 5) is 2.75. The van der Waals surface area contributed by atoms with Gasteiger partial charge < -0.3 is 10.2 Å². The quantitative estimate of drug-likeness (QED) is 0.733. The molecule has 0 aliphatic heterocycles. The Morgan fingerprint density at radius 1 is 1.19 bits per heavy atom. The van der Waals surface area contributed by atoms with Crippen molar-refractivity contribution in [1.29, 1.82) is 0 Å². The maximum Gasteiger partial charge on any atom is 0.0406 e. The molecule has 2 aliphatic rings. The van der Waals surface area contributed by atoms with Crippen molar-refractivity contribution in [3.63, 3.8) is 0 Å². The SMILES string of the molecule is CCNC(CCN(CC1CC1)C1CC1)c1ccc(Cl)cc1. The van der Waals surface area contributed by atoms with Gasteiger partial charge in [-0.3, -0.25) is 0 Å². The summed E-state index contributed by atoms with van der Waals surface area (Å²) in [7, 11) is 0. The Bertz CT molecular complexity index is 437. The smallest absolute Gasteiger partial charge is 0.0406 e. The van der Waals surface area contributed by atoms with Gasteiger partial charge in [0.25, 0.3) is 0 Å². The van der Waals surface area contributed by atoms with Gasteiger partial charge in [0.1, 0.15) is 0 Å². The van der Waals surface area contributed by atoms with E-state index in [4.69, 9.17) is 11.6 Å². The maximum absolute atomic E-state index is 6.01. The molecule has 1 atom stereocenters. The molecule has 0 aromatic heterocycles. The zero-order valence-electron chi connectivity index (χ0n) is 13.0. The van der Waals surface area contributed by atoms with Crippen molar-refractivity contribution in [2.24, 2.45) is 5.92 Å². The van der Waals surface area contributed by atoms with Gasteiger partial charge in [-0.1, -0.05) is 30.7 Å². The van der Waals surface area contributed by atoms with Gasteiger partial charge in [0.15, 0.2) is 0 Å². The second-order valence-corrected chi connectivity index (χ2v) is 7.06. The maximum atomic E-state index is 6.01. The normalized spacial score (nSPS) is 20.0. The molecule has 2 nitrogen and oxygen atoms in total. The molecule has 2 saturated carbocycles. The summed E-state index contributed by atoms with van der Waals surface area (Å²) in [6.45, 7) is 5.76. The summed E-state index contributed by atoms with van der Waals surface area (Å²) in [6.07, 6.45) is 6.94. The minimum Gasteiger partial charge on any atom is -0.310 e. The molecule has 116 valence electrons. The van der Waals surface area contributed by atoms with Gasteiger partial charge in [-0.05, 0) is 62.3 Å². The van der Waals surface area contributed by atoms with Crippen LogP contribution in [-0.2, 0) is 0 Å². The van der Waals surface area contributed by atoms with Crippen molar-refractivity contribution in [3.05, 3.63) is 34.9 Å². The van der Waals surface area contributed by atoms with Crippen LogP contribution in [0.15, 0.2) is 24.3 Å². The van der Waals surface area contributed by atoms with Crippen molar-refractivity contribution in [2.75, 3.05) is 19.6 Å². The Labute approximate surface area is 133 Å². The Morgan fingerprint density at radius 3 is 2.48 bits per heavy atom. The summed E-state index contributed by atoms with van der Waals surface area (Å²) >= 11 is 6.01. The first-order valence-electron chi connectivity index (χ1n) is 8.49. The molecular formula is C18H27ClN2. The average molecular weight is 307 g/mol. The van der Waals surface area contributed by atoms with Gasteiger partial charge in [-0.25, -0.2) is 0 Å². The number of nitrogens with one attached hydrogen (secondary N) is 1. The van der Waals surface area contributed by atoms with Crippen LogP contribution < -0.4 is 5.32 Å². The van der Waals surface area contributed by atoms with Crippen molar-refractivity contribution in [3.8, 4) is 0 Å². The first kappa shape index (κ1) is 15.3. The van der Waals surface area contributed by atoms with E-state index in [1.165, 1.54) is 50.8 Å². The second kappa shape index (κ2) is 7.13. The largest absolute Gasteiger partial charge is 0.310 e. The Morgan fingerprint density at radius 2 is 1.90 bits per heavy atom. The predicted molar refractivity (Wildman–Crippen MR) is 89.8 cm³/mol. The van der Waals surface area contributed by atoms with Crippen LogP contribution in [-0.4, -0.2) is 30.6 Å². The minimum absolute atomic E-state index is 0.452. The number of nitrogens with zero attached hydrogens (tertiary/aromatic N) is 1. The highest BCUT2D eigenvalue weighted by molar-refractivity contribution is 6.30. The highest BCUT2D eigenvalue weighted by Crippen LogP contribution is 2.35. The fourth-order valence-electron chi connectivity index (χ4n) is 3.12. The lowest BCUT2D eigenvalue weighted by molar-refractivity contribution is 0.238. The molecule has 2 fully saturated rings. The van der Waals surface area contributed by atoms with E-state index in [2.05, 4.69) is 29.3 Å². The van der Waals surface area contributed by atoms with E-state index in [-0.39, 0.29) is 0 Å². The number of rotatable bonds is 9. The van der Waals surface area contributed by atoms with Gasteiger partial charge in [-0.2, -0.15) is 0 Å². The third-order valence-corrected chi connectivity index (χ3v) is 4.93. The molecule has 3 heteroatoms. The molecule has 0 radical (unpaired) electrons. The van der Waals surface area contributed by atoms with Crippen molar-refractivity contribution in [2.45, 2.75) is 51.1 Å². The van der Waals surface area contributed by atoms with Crippen LogP contribution in [0.2, 0.25) is 5.02 Å². The van der Waals surface area contributed by atoms with Crippen LogP contribution in [0.4, 0.5) is 0 Å². The lowest BCUT2D eigenvalue weighted by Gasteiger charge is -2.26. The molecule has 0 spiro atoms. The molecule has 3 rings (SSSR count). The summed E-state index contributed by atoms with van der Waals surface area (Å²) in [5.41, 5.74) is 1.36. The fourth-order valence-corrected chi connectivity index (χ4v) is 3.24. The molecule has 2 aliphatic carbocycles. The van der Waals surface area contributed by atoms with Crippen LogP contribution in [0, 0.1) is 5.92 Å². The van der Waals surface area contributed by atoms with E-state index in [0.29, 0.717) is 6.04 Å². The van der Waals surface area contributed by atoms with Crippen LogP contribution >= 0.6 is 11.6 Å². The molecule has 1 N–H and O–H groups in total. The van der Waals surface area contributed by atoms with E-state index in [0.717, 1.165) is 23.5 Å². The molecule has 1 aromatic rings.